The monoisotopic (exact) mass is 371 g/mol. The third kappa shape index (κ3) is 3.15. The molecule has 1 aromatic carbocycles. The van der Waals surface area contributed by atoms with Gasteiger partial charge in [0.15, 0.2) is 0 Å². The molecule has 5 heteroatoms. The van der Waals surface area contributed by atoms with Crippen molar-refractivity contribution in [3.05, 3.63) is 45.0 Å². The number of nitrogens with one attached hydrogen (secondary N) is 1. The van der Waals surface area contributed by atoms with Crippen molar-refractivity contribution in [2.45, 2.75) is 19.4 Å². The number of benzene rings is 1. The molecule has 1 aromatic rings. The van der Waals surface area contributed by atoms with Crippen LogP contribution in [0.5, 0.6) is 0 Å². The Bertz CT molecular complexity index is 554. The molecule has 2 N–H and O–H groups in total. The number of rotatable bonds is 3. The summed E-state index contributed by atoms with van der Waals surface area (Å²) < 4.78 is 0.925. The minimum atomic E-state index is -0.849. The van der Waals surface area contributed by atoms with Crippen molar-refractivity contribution in [1.29, 1.82) is 0 Å². The van der Waals surface area contributed by atoms with Gasteiger partial charge >= 0.3 is 5.97 Å². The summed E-state index contributed by atoms with van der Waals surface area (Å²) in [4.78, 5) is 23.0. The first-order valence-electron chi connectivity index (χ1n) is 5.96. The molecule has 1 aliphatic carbocycles. The highest BCUT2D eigenvalue weighted by atomic mass is 127. The summed E-state index contributed by atoms with van der Waals surface area (Å²) in [6.07, 6.45) is 3.80. The van der Waals surface area contributed by atoms with Gasteiger partial charge in [-0.25, -0.2) is 0 Å². The zero-order valence-electron chi connectivity index (χ0n) is 10.4. The Balaban J connectivity index is 2.05. The molecule has 1 amide bonds. The van der Waals surface area contributed by atoms with Crippen molar-refractivity contribution in [3.8, 4) is 0 Å². The zero-order valence-corrected chi connectivity index (χ0v) is 12.5. The molecule has 0 fully saturated rings. The van der Waals surface area contributed by atoms with Gasteiger partial charge in [0.25, 0.3) is 5.91 Å². The second-order valence-electron chi connectivity index (χ2n) is 4.58. The SMILES string of the molecule is Cc1cccc(C(=O)NC2C=CC(C(=O)O)C2)c1I. The molecule has 0 aliphatic heterocycles. The van der Waals surface area contributed by atoms with Crippen molar-refractivity contribution < 1.29 is 14.7 Å². The fraction of sp³-hybridized carbons (Fsp3) is 0.286. The number of carbonyl (C=O) groups excluding carboxylic acids is 1. The highest BCUT2D eigenvalue weighted by molar-refractivity contribution is 14.1. The van der Waals surface area contributed by atoms with Crippen LogP contribution in [0.1, 0.15) is 22.3 Å². The molecule has 1 aliphatic rings. The maximum absolute atomic E-state index is 12.2. The van der Waals surface area contributed by atoms with E-state index in [9.17, 15) is 9.59 Å². The van der Waals surface area contributed by atoms with Gasteiger partial charge in [-0.05, 0) is 47.6 Å². The van der Waals surface area contributed by atoms with E-state index in [-0.39, 0.29) is 11.9 Å². The molecule has 2 rings (SSSR count). The van der Waals surface area contributed by atoms with E-state index in [4.69, 9.17) is 5.11 Å². The number of carbonyl (C=O) groups is 2. The number of hydrogen-bond acceptors (Lipinski definition) is 2. The van der Waals surface area contributed by atoms with Crippen LogP contribution in [-0.4, -0.2) is 23.0 Å². The van der Waals surface area contributed by atoms with Gasteiger partial charge in [-0.1, -0.05) is 24.3 Å². The standard InChI is InChI=1S/C14H14INO3/c1-8-3-2-4-11(12(8)15)13(17)16-10-6-5-9(7-10)14(18)19/h2-6,9-10H,7H2,1H3,(H,16,17)(H,18,19). The molecule has 4 nitrogen and oxygen atoms in total. The van der Waals surface area contributed by atoms with Crippen LogP contribution in [0.25, 0.3) is 0 Å². The van der Waals surface area contributed by atoms with Crippen molar-refractivity contribution in [3.63, 3.8) is 0 Å². The van der Waals surface area contributed by atoms with E-state index in [1.54, 1.807) is 18.2 Å². The molecule has 0 saturated carbocycles. The van der Waals surface area contributed by atoms with Crippen LogP contribution in [0, 0.1) is 16.4 Å². The third-order valence-electron chi connectivity index (χ3n) is 3.15. The van der Waals surface area contributed by atoms with Gasteiger partial charge in [0.2, 0.25) is 0 Å². The van der Waals surface area contributed by atoms with Gasteiger partial charge in [0.05, 0.1) is 11.5 Å². The molecule has 2 unspecified atom stereocenters. The van der Waals surface area contributed by atoms with Crippen molar-refractivity contribution >= 4 is 34.5 Å². The smallest absolute Gasteiger partial charge is 0.310 e. The number of aryl methyl sites for hydroxylation is 1. The van der Waals surface area contributed by atoms with Crippen LogP contribution in [0.15, 0.2) is 30.4 Å². The molecule has 2 atom stereocenters. The van der Waals surface area contributed by atoms with Gasteiger partial charge in [-0.3, -0.25) is 9.59 Å². The van der Waals surface area contributed by atoms with Gasteiger partial charge in [0.1, 0.15) is 0 Å². The Morgan fingerprint density at radius 2 is 2.11 bits per heavy atom. The summed E-state index contributed by atoms with van der Waals surface area (Å²) in [6, 6.07) is 5.37. The van der Waals surface area contributed by atoms with E-state index >= 15 is 0 Å². The van der Waals surface area contributed by atoms with E-state index in [0.717, 1.165) is 9.13 Å². The lowest BCUT2D eigenvalue weighted by molar-refractivity contribution is -0.140. The summed E-state index contributed by atoms with van der Waals surface area (Å²) in [7, 11) is 0. The lowest BCUT2D eigenvalue weighted by Crippen LogP contribution is -2.33. The zero-order chi connectivity index (χ0) is 14.0. The quantitative estimate of drug-likeness (QED) is 0.633. The minimum Gasteiger partial charge on any atom is -0.481 e. The summed E-state index contributed by atoms with van der Waals surface area (Å²) in [5.74, 6) is -1.51. The van der Waals surface area contributed by atoms with Gasteiger partial charge in [-0.15, -0.1) is 0 Å². The van der Waals surface area contributed by atoms with E-state index in [1.165, 1.54) is 0 Å². The predicted octanol–water partition coefficient (Wildman–Crippen LogP) is 2.36. The molecule has 0 spiro atoms. The van der Waals surface area contributed by atoms with Crippen LogP contribution in [0.2, 0.25) is 0 Å². The lowest BCUT2D eigenvalue weighted by Gasteiger charge is -2.13. The highest BCUT2D eigenvalue weighted by Crippen LogP contribution is 2.20. The minimum absolute atomic E-state index is 0.159. The lowest BCUT2D eigenvalue weighted by atomic mass is 10.1. The van der Waals surface area contributed by atoms with Crippen molar-refractivity contribution in [2.75, 3.05) is 0 Å². The van der Waals surface area contributed by atoms with Crippen LogP contribution >= 0.6 is 22.6 Å². The third-order valence-corrected chi connectivity index (χ3v) is 4.59. The molecule has 0 heterocycles. The van der Waals surface area contributed by atoms with Gasteiger partial charge < -0.3 is 10.4 Å². The molecule has 100 valence electrons. The molecule has 0 radical (unpaired) electrons. The number of halogens is 1. The largest absolute Gasteiger partial charge is 0.481 e. The summed E-state index contributed by atoms with van der Waals surface area (Å²) >= 11 is 2.15. The highest BCUT2D eigenvalue weighted by Gasteiger charge is 2.26. The summed E-state index contributed by atoms with van der Waals surface area (Å²) in [5.41, 5.74) is 1.69. The first-order valence-corrected chi connectivity index (χ1v) is 7.04. The van der Waals surface area contributed by atoms with Crippen LogP contribution in [0.3, 0.4) is 0 Å². The maximum atomic E-state index is 12.2. The van der Waals surface area contributed by atoms with E-state index in [2.05, 4.69) is 27.9 Å². The fourth-order valence-electron chi connectivity index (χ4n) is 2.06. The van der Waals surface area contributed by atoms with Crippen LogP contribution in [0.4, 0.5) is 0 Å². The summed E-state index contributed by atoms with van der Waals surface area (Å²) in [6.45, 7) is 1.95. The Morgan fingerprint density at radius 3 is 2.74 bits per heavy atom. The van der Waals surface area contributed by atoms with Gasteiger partial charge in [0, 0.05) is 9.61 Å². The molecule has 0 aromatic heterocycles. The Kier molecular flexibility index (Phi) is 4.24. The van der Waals surface area contributed by atoms with Crippen LogP contribution in [-0.2, 0) is 4.79 Å². The summed E-state index contributed by atoms with van der Waals surface area (Å²) in [5, 5.41) is 11.8. The van der Waals surface area contributed by atoms with Crippen molar-refractivity contribution in [1.82, 2.24) is 5.32 Å². The second-order valence-corrected chi connectivity index (χ2v) is 5.66. The first-order chi connectivity index (χ1) is 8.99. The predicted molar refractivity (Wildman–Crippen MR) is 80.0 cm³/mol. The molecule has 0 bridgehead atoms. The normalized spacial score (nSPS) is 21.4. The average Bonchev–Trinajstić information content (AvgIpc) is 2.81. The Labute approximate surface area is 125 Å². The Morgan fingerprint density at radius 1 is 1.37 bits per heavy atom. The molecule has 19 heavy (non-hydrogen) atoms. The number of carboxylic acids is 1. The van der Waals surface area contributed by atoms with Gasteiger partial charge in [-0.2, -0.15) is 0 Å². The Hall–Kier alpha value is -1.37. The number of hydrogen-bond donors (Lipinski definition) is 2. The maximum Gasteiger partial charge on any atom is 0.310 e. The molecular formula is C14H14INO3. The molecular weight excluding hydrogens is 357 g/mol. The van der Waals surface area contributed by atoms with Crippen LogP contribution < -0.4 is 5.32 Å². The fourth-order valence-corrected chi connectivity index (χ4v) is 2.66. The number of aliphatic carboxylic acids is 1. The topological polar surface area (TPSA) is 66.4 Å². The number of carboxylic acid groups (broad SMARTS) is 1. The van der Waals surface area contributed by atoms with E-state index in [0.29, 0.717) is 12.0 Å². The van der Waals surface area contributed by atoms with E-state index in [1.807, 2.05) is 19.1 Å². The van der Waals surface area contributed by atoms with E-state index < -0.39 is 11.9 Å². The second kappa shape index (κ2) is 5.73. The first kappa shape index (κ1) is 14.0. The number of amides is 1. The molecule has 0 saturated heterocycles. The van der Waals surface area contributed by atoms with Crippen molar-refractivity contribution in [2.24, 2.45) is 5.92 Å². The average molecular weight is 371 g/mol.